The van der Waals surface area contributed by atoms with Gasteiger partial charge < -0.3 is 10.1 Å². The molecule has 0 radical (unpaired) electrons. The maximum absolute atomic E-state index is 13.0. The molecule has 0 saturated carbocycles. The summed E-state index contributed by atoms with van der Waals surface area (Å²) in [5.41, 5.74) is -1.30. The van der Waals surface area contributed by atoms with Crippen LogP contribution in [0.15, 0.2) is 59.4 Å². The fourth-order valence-corrected chi connectivity index (χ4v) is 2.71. The number of ether oxygens (including phenoxy) is 1. The van der Waals surface area contributed by atoms with Gasteiger partial charge in [0.2, 0.25) is 5.43 Å². The number of carbonyl (C=O) groups excluding carboxylic acids is 1. The standard InChI is InChI=1S/C20H16F3N3O3/c1-12-10-16(27)18(19(28)24-15-8-3-4-9-17(15)29-2)25-26(12)14-7-5-6-13(11-14)20(21,22)23/h3-11H,1-2H3,(H,24,28). The first kappa shape index (κ1) is 20.1. The van der Waals surface area contributed by atoms with Crippen molar-refractivity contribution in [2.24, 2.45) is 0 Å². The zero-order chi connectivity index (χ0) is 21.2. The highest BCUT2D eigenvalue weighted by Crippen LogP contribution is 2.30. The number of benzene rings is 2. The monoisotopic (exact) mass is 403 g/mol. The Hall–Kier alpha value is -3.62. The molecule has 2 aromatic carbocycles. The number of nitrogens with zero attached hydrogens (tertiary/aromatic N) is 2. The van der Waals surface area contributed by atoms with Crippen molar-refractivity contribution in [3.05, 3.63) is 81.8 Å². The van der Waals surface area contributed by atoms with E-state index in [1.54, 1.807) is 24.3 Å². The zero-order valence-corrected chi connectivity index (χ0v) is 15.4. The van der Waals surface area contributed by atoms with E-state index >= 15 is 0 Å². The first-order valence-electron chi connectivity index (χ1n) is 8.43. The van der Waals surface area contributed by atoms with E-state index in [2.05, 4.69) is 10.4 Å². The van der Waals surface area contributed by atoms with Crippen molar-refractivity contribution in [3.63, 3.8) is 0 Å². The van der Waals surface area contributed by atoms with Crippen molar-refractivity contribution in [1.82, 2.24) is 9.78 Å². The lowest BCUT2D eigenvalue weighted by atomic mass is 10.2. The average molecular weight is 403 g/mol. The third-order valence-corrected chi connectivity index (χ3v) is 4.10. The predicted molar refractivity (Wildman–Crippen MR) is 101 cm³/mol. The number of amides is 1. The van der Waals surface area contributed by atoms with E-state index in [-0.39, 0.29) is 11.4 Å². The second kappa shape index (κ2) is 7.78. The molecule has 0 fully saturated rings. The molecule has 0 atom stereocenters. The second-order valence-corrected chi connectivity index (χ2v) is 6.11. The van der Waals surface area contributed by atoms with E-state index in [1.165, 1.54) is 26.2 Å². The lowest BCUT2D eigenvalue weighted by molar-refractivity contribution is -0.137. The molecule has 9 heteroatoms. The van der Waals surface area contributed by atoms with E-state index in [1.807, 2.05) is 0 Å². The fraction of sp³-hybridized carbons (Fsp3) is 0.150. The summed E-state index contributed by atoms with van der Waals surface area (Å²) in [4.78, 5) is 24.9. The molecule has 29 heavy (non-hydrogen) atoms. The molecule has 150 valence electrons. The Balaban J connectivity index is 2.02. The van der Waals surface area contributed by atoms with Gasteiger partial charge in [0.25, 0.3) is 5.91 Å². The van der Waals surface area contributed by atoms with Gasteiger partial charge in [-0.15, -0.1) is 0 Å². The molecule has 0 bridgehead atoms. The normalized spacial score (nSPS) is 11.2. The van der Waals surface area contributed by atoms with Gasteiger partial charge in [-0.2, -0.15) is 18.3 Å². The number of rotatable bonds is 4. The molecular formula is C20H16F3N3O3. The molecule has 1 heterocycles. The van der Waals surface area contributed by atoms with E-state index in [0.717, 1.165) is 22.9 Å². The van der Waals surface area contributed by atoms with Crippen LogP contribution in [-0.4, -0.2) is 22.8 Å². The number of hydrogen-bond acceptors (Lipinski definition) is 4. The lowest BCUT2D eigenvalue weighted by Crippen LogP contribution is -2.27. The number of para-hydroxylation sites is 2. The number of carbonyl (C=O) groups is 1. The molecule has 3 rings (SSSR count). The summed E-state index contributed by atoms with van der Waals surface area (Å²) in [6, 6.07) is 12.2. The minimum absolute atomic E-state index is 0.0728. The molecule has 0 saturated heterocycles. The Morgan fingerprint density at radius 3 is 2.52 bits per heavy atom. The molecule has 0 aliphatic carbocycles. The number of aryl methyl sites for hydroxylation is 1. The van der Waals surface area contributed by atoms with E-state index in [9.17, 15) is 22.8 Å². The topological polar surface area (TPSA) is 73.2 Å². The summed E-state index contributed by atoms with van der Waals surface area (Å²) in [7, 11) is 1.43. The number of aromatic nitrogens is 2. The minimum atomic E-state index is -4.53. The quantitative estimate of drug-likeness (QED) is 0.719. The summed E-state index contributed by atoms with van der Waals surface area (Å²) < 4.78 is 45.3. The highest BCUT2D eigenvalue weighted by Gasteiger charge is 2.30. The van der Waals surface area contributed by atoms with Crippen molar-refractivity contribution in [1.29, 1.82) is 0 Å². The summed E-state index contributed by atoms with van der Waals surface area (Å²) in [6.07, 6.45) is -4.53. The molecule has 6 nitrogen and oxygen atoms in total. The fourth-order valence-electron chi connectivity index (χ4n) is 2.71. The lowest BCUT2D eigenvalue weighted by Gasteiger charge is -2.14. The van der Waals surface area contributed by atoms with E-state index < -0.39 is 28.8 Å². The van der Waals surface area contributed by atoms with Gasteiger partial charge in [-0.1, -0.05) is 18.2 Å². The Kier molecular flexibility index (Phi) is 5.40. The molecular weight excluding hydrogens is 387 g/mol. The molecule has 0 spiro atoms. The molecule has 3 aromatic rings. The number of alkyl halides is 3. The van der Waals surface area contributed by atoms with E-state index in [0.29, 0.717) is 11.4 Å². The summed E-state index contributed by atoms with van der Waals surface area (Å²) in [5, 5.41) is 6.53. The van der Waals surface area contributed by atoms with Crippen LogP contribution in [0.1, 0.15) is 21.7 Å². The van der Waals surface area contributed by atoms with Crippen LogP contribution in [0.2, 0.25) is 0 Å². The Morgan fingerprint density at radius 1 is 1.10 bits per heavy atom. The zero-order valence-electron chi connectivity index (χ0n) is 15.4. The van der Waals surface area contributed by atoms with Crippen LogP contribution < -0.4 is 15.5 Å². The van der Waals surface area contributed by atoms with Gasteiger partial charge >= 0.3 is 6.18 Å². The van der Waals surface area contributed by atoms with Gasteiger partial charge in [0, 0.05) is 11.8 Å². The van der Waals surface area contributed by atoms with Gasteiger partial charge in [0.05, 0.1) is 24.0 Å². The minimum Gasteiger partial charge on any atom is -0.495 e. The third-order valence-electron chi connectivity index (χ3n) is 4.10. The number of anilines is 1. The number of hydrogen-bond donors (Lipinski definition) is 1. The van der Waals surface area contributed by atoms with Crippen LogP contribution in [-0.2, 0) is 6.18 Å². The molecule has 1 aromatic heterocycles. The highest BCUT2D eigenvalue weighted by molar-refractivity contribution is 6.03. The number of nitrogens with one attached hydrogen (secondary N) is 1. The van der Waals surface area contributed by atoms with Crippen molar-refractivity contribution < 1.29 is 22.7 Å². The molecule has 1 amide bonds. The smallest absolute Gasteiger partial charge is 0.416 e. The summed E-state index contributed by atoms with van der Waals surface area (Å²) in [5.74, 6) is -0.425. The van der Waals surface area contributed by atoms with Gasteiger partial charge in [-0.3, -0.25) is 9.59 Å². The largest absolute Gasteiger partial charge is 0.495 e. The third kappa shape index (κ3) is 4.29. The van der Waals surface area contributed by atoms with Crippen molar-refractivity contribution in [2.75, 3.05) is 12.4 Å². The van der Waals surface area contributed by atoms with Crippen LogP contribution in [0.4, 0.5) is 18.9 Å². The Labute approximate surface area is 163 Å². The maximum atomic E-state index is 13.0. The summed E-state index contributed by atoms with van der Waals surface area (Å²) >= 11 is 0. The first-order valence-corrected chi connectivity index (χ1v) is 8.43. The second-order valence-electron chi connectivity index (χ2n) is 6.11. The van der Waals surface area contributed by atoms with Gasteiger partial charge in [0.1, 0.15) is 5.75 Å². The van der Waals surface area contributed by atoms with Crippen LogP contribution in [0.25, 0.3) is 5.69 Å². The Bertz CT molecular complexity index is 1120. The molecule has 0 unspecified atom stereocenters. The SMILES string of the molecule is COc1ccccc1NC(=O)c1nn(-c2cccc(C(F)(F)F)c2)c(C)cc1=O. The average Bonchev–Trinajstić information content (AvgIpc) is 2.68. The maximum Gasteiger partial charge on any atom is 0.416 e. The molecule has 0 aliphatic heterocycles. The van der Waals surface area contributed by atoms with Gasteiger partial charge in [-0.25, -0.2) is 4.68 Å². The molecule has 1 N–H and O–H groups in total. The number of halogens is 3. The Morgan fingerprint density at radius 2 is 1.83 bits per heavy atom. The number of methoxy groups -OCH3 is 1. The van der Waals surface area contributed by atoms with Crippen molar-refractivity contribution in [2.45, 2.75) is 13.1 Å². The predicted octanol–water partition coefficient (Wildman–Crippen LogP) is 3.82. The van der Waals surface area contributed by atoms with Gasteiger partial charge in [-0.05, 0) is 37.3 Å². The van der Waals surface area contributed by atoms with Crippen LogP contribution in [0.5, 0.6) is 5.75 Å². The van der Waals surface area contributed by atoms with E-state index in [4.69, 9.17) is 4.74 Å². The first-order chi connectivity index (χ1) is 13.7. The van der Waals surface area contributed by atoms with Crippen molar-refractivity contribution >= 4 is 11.6 Å². The van der Waals surface area contributed by atoms with Crippen LogP contribution >= 0.6 is 0 Å². The van der Waals surface area contributed by atoms with Crippen LogP contribution in [0, 0.1) is 6.92 Å². The van der Waals surface area contributed by atoms with Crippen LogP contribution in [0.3, 0.4) is 0 Å². The van der Waals surface area contributed by atoms with Gasteiger partial charge in [0.15, 0.2) is 5.69 Å². The highest BCUT2D eigenvalue weighted by atomic mass is 19.4. The van der Waals surface area contributed by atoms with Crippen molar-refractivity contribution in [3.8, 4) is 11.4 Å². The summed E-state index contributed by atoms with van der Waals surface area (Å²) in [6.45, 7) is 1.51. The molecule has 0 aliphatic rings.